The third-order valence-electron chi connectivity index (χ3n) is 3.39. The van der Waals surface area contributed by atoms with Crippen LogP contribution in [0, 0.1) is 12.8 Å². The van der Waals surface area contributed by atoms with Gasteiger partial charge in [0.25, 0.3) is 5.56 Å². The number of hydrogen-bond donors (Lipinski definition) is 1. The highest BCUT2D eigenvalue weighted by Gasteiger charge is 2.36. The number of H-pyrrole nitrogens is 1. The fourth-order valence-corrected chi connectivity index (χ4v) is 2.46. The maximum atomic E-state index is 13.3. The first-order valence-electron chi connectivity index (χ1n) is 6.05. The van der Waals surface area contributed by atoms with Crippen LogP contribution >= 0.6 is 0 Å². The van der Waals surface area contributed by atoms with Crippen LogP contribution in [-0.2, 0) is 6.54 Å². The van der Waals surface area contributed by atoms with Crippen molar-refractivity contribution < 1.29 is 8.78 Å². The summed E-state index contributed by atoms with van der Waals surface area (Å²) in [6.45, 7) is 1.83. The molecule has 1 saturated carbocycles. The molecule has 0 amide bonds. The Labute approximate surface area is 103 Å². The molecular weight excluding hydrogens is 242 g/mol. The Morgan fingerprint density at radius 3 is 2.89 bits per heavy atom. The summed E-state index contributed by atoms with van der Waals surface area (Å²) in [4.78, 5) is 24.9. The standard InChI is InChI=1S/C12H16F2N2O2/c1-8-6-16(11(18)15-10(8)17)7-9-3-2-4-12(13,14)5-9/h6,9H,2-5,7H2,1H3,(H,15,17,18). The molecule has 1 aliphatic carbocycles. The number of aromatic nitrogens is 2. The summed E-state index contributed by atoms with van der Waals surface area (Å²) < 4.78 is 27.8. The minimum Gasteiger partial charge on any atom is -0.300 e. The zero-order valence-electron chi connectivity index (χ0n) is 10.2. The van der Waals surface area contributed by atoms with E-state index in [1.807, 2.05) is 0 Å². The number of aromatic amines is 1. The Morgan fingerprint density at radius 1 is 1.50 bits per heavy atom. The van der Waals surface area contributed by atoms with E-state index in [-0.39, 0.29) is 25.3 Å². The number of aryl methyl sites for hydroxylation is 1. The van der Waals surface area contributed by atoms with Crippen molar-refractivity contribution in [2.75, 3.05) is 0 Å². The van der Waals surface area contributed by atoms with Crippen LogP contribution in [-0.4, -0.2) is 15.5 Å². The predicted octanol–water partition coefficient (Wildman–Crippen LogP) is 1.67. The van der Waals surface area contributed by atoms with E-state index < -0.39 is 17.2 Å². The van der Waals surface area contributed by atoms with Gasteiger partial charge in [0.2, 0.25) is 5.92 Å². The largest absolute Gasteiger partial charge is 0.328 e. The van der Waals surface area contributed by atoms with Crippen molar-refractivity contribution in [3.63, 3.8) is 0 Å². The van der Waals surface area contributed by atoms with Crippen LogP contribution in [0.25, 0.3) is 0 Å². The number of hydrogen-bond acceptors (Lipinski definition) is 2. The van der Waals surface area contributed by atoms with Crippen LogP contribution in [0.3, 0.4) is 0 Å². The zero-order valence-corrected chi connectivity index (χ0v) is 10.2. The van der Waals surface area contributed by atoms with E-state index in [2.05, 4.69) is 4.98 Å². The average molecular weight is 258 g/mol. The van der Waals surface area contributed by atoms with Gasteiger partial charge in [-0.05, 0) is 25.7 Å². The molecule has 0 aromatic carbocycles. The van der Waals surface area contributed by atoms with Crippen LogP contribution in [0.1, 0.15) is 31.2 Å². The molecule has 1 aromatic rings. The topological polar surface area (TPSA) is 54.9 Å². The van der Waals surface area contributed by atoms with E-state index in [4.69, 9.17) is 0 Å². The summed E-state index contributed by atoms with van der Waals surface area (Å²) >= 11 is 0. The maximum Gasteiger partial charge on any atom is 0.328 e. The summed E-state index contributed by atoms with van der Waals surface area (Å²) in [5.74, 6) is -2.83. The van der Waals surface area contributed by atoms with E-state index in [9.17, 15) is 18.4 Å². The Hall–Kier alpha value is -1.46. The molecule has 1 N–H and O–H groups in total. The third-order valence-corrected chi connectivity index (χ3v) is 3.39. The number of nitrogens with zero attached hydrogens (tertiary/aromatic N) is 1. The first kappa shape index (κ1) is 13.0. The van der Waals surface area contributed by atoms with Crippen molar-refractivity contribution in [1.82, 2.24) is 9.55 Å². The second-order valence-electron chi connectivity index (χ2n) is 5.04. The van der Waals surface area contributed by atoms with Crippen LogP contribution in [0.5, 0.6) is 0 Å². The van der Waals surface area contributed by atoms with Crippen LogP contribution in [0.15, 0.2) is 15.8 Å². The normalized spacial score (nSPS) is 22.9. The lowest BCUT2D eigenvalue weighted by molar-refractivity contribution is -0.0549. The fraction of sp³-hybridized carbons (Fsp3) is 0.667. The lowest BCUT2D eigenvalue weighted by Gasteiger charge is -2.29. The molecule has 18 heavy (non-hydrogen) atoms. The second kappa shape index (κ2) is 4.66. The quantitative estimate of drug-likeness (QED) is 0.877. The van der Waals surface area contributed by atoms with Gasteiger partial charge in [-0.3, -0.25) is 9.78 Å². The molecule has 0 saturated heterocycles. The lowest BCUT2D eigenvalue weighted by atomic mass is 9.86. The molecule has 1 heterocycles. The van der Waals surface area contributed by atoms with Crippen LogP contribution in [0.2, 0.25) is 0 Å². The van der Waals surface area contributed by atoms with E-state index >= 15 is 0 Å². The highest BCUT2D eigenvalue weighted by atomic mass is 19.3. The highest BCUT2D eigenvalue weighted by Crippen LogP contribution is 2.37. The number of alkyl halides is 2. The first-order chi connectivity index (χ1) is 8.37. The van der Waals surface area contributed by atoms with Gasteiger partial charge in [-0.25, -0.2) is 13.6 Å². The van der Waals surface area contributed by atoms with Crippen molar-refractivity contribution in [2.24, 2.45) is 5.92 Å². The molecule has 1 aliphatic rings. The molecule has 100 valence electrons. The van der Waals surface area contributed by atoms with Gasteiger partial charge in [0.1, 0.15) is 0 Å². The summed E-state index contributed by atoms with van der Waals surface area (Å²) in [5, 5.41) is 0. The van der Waals surface area contributed by atoms with Crippen molar-refractivity contribution in [2.45, 2.75) is 45.1 Å². The predicted molar refractivity (Wildman–Crippen MR) is 63.0 cm³/mol. The average Bonchev–Trinajstić information content (AvgIpc) is 2.24. The summed E-state index contributed by atoms with van der Waals surface area (Å²) in [7, 11) is 0. The van der Waals surface area contributed by atoms with Crippen molar-refractivity contribution >= 4 is 0 Å². The van der Waals surface area contributed by atoms with Crippen LogP contribution < -0.4 is 11.2 Å². The number of nitrogens with one attached hydrogen (secondary N) is 1. The zero-order chi connectivity index (χ0) is 13.3. The Kier molecular flexibility index (Phi) is 3.36. The van der Waals surface area contributed by atoms with Gasteiger partial charge in [-0.1, -0.05) is 0 Å². The van der Waals surface area contributed by atoms with Crippen LogP contribution in [0.4, 0.5) is 8.78 Å². The van der Waals surface area contributed by atoms with Crippen molar-refractivity contribution in [3.05, 3.63) is 32.6 Å². The number of halogens is 2. The molecular formula is C12H16F2N2O2. The van der Waals surface area contributed by atoms with Gasteiger partial charge in [-0.15, -0.1) is 0 Å². The molecule has 2 rings (SSSR count). The molecule has 0 bridgehead atoms. The Bertz CT molecular complexity index is 548. The first-order valence-corrected chi connectivity index (χ1v) is 6.05. The van der Waals surface area contributed by atoms with Crippen molar-refractivity contribution in [1.29, 1.82) is 0 Å². The van der Waals surface area contributed by atoms with E-state index in [0.29, 0.717) is 18.4 Å². The minimum absolute atomic E-state index is 0.0664. The van der Waals surface area contributed by atoms with E-state index in [1.54, 1.807) is 6.92 Å². The molecule has 1 atom stereocenters. The molecule has 1 unspecified atom stereocenters. The smallest absolute Gasteiger partial charge is 0.300 e. The Morgan fingerprint density at radius 2 is 2.22 bits per heavy atom. The monoisotopic (exact) mass is 258 g/mol. The van der Waals surface area contributed by atoms with E-state index in [0.717, 1.165) is 0 Å². The van der Waals surface area contributed by atoms with E-state index in [1.165, 1.54) is 10.8 Å². The van der Waals surface area contributed by atoms with Gasteiger partial charge >= 0.3 is 5.69 Å². The van der Waals surface area contributed by atoms with Gasteiger partial charge in [-0.2, -0.15) is 0 Å². The SMILES string of the molecule is Cc1cn(CC2CCCC(F)(F)C2)c(=O)[nH]c1=O. The molecule has 6 heteroatoms. The third kappa shape index (κ3) is 2.86. The summed E-state index contributed by atoms with van der Waals surface area (Å²) in [6.07, 6.45) is 2.36. The van der Waals surface area contributed by atoms with Gasteiger partial charge in [0.15, 0.2) is 0 Å². The highest BCUT2D eigenvalue weighted by molar-refractivity contribution is 5.00. The molecule has 4 nitrogen and oxygen atoms in total. The van der Waals surface area contributed by atoms with Gasteiger partial charge in [0, 0.05) is 31.1 Å². The Balaban J connectivity index is 2.17. The lowest BCUT2D eigenvalue weighted by Crippen LogP contribution is -2.35. The minimum atomic E-state index is -2.62. The van der Waals surface area contributed by atoms with Crippen molar-refractivity contribution in [3.8, 4) is 0 Å². The van der Waals surface area contributed by atoms with Gasteiger partial charge < -0.3 is 4.57 Å². The fourth-order valence-electron chi connectivity index (χ4n) is 2.46. The molecule has 0 aliphatic heterocycles. The van der Waals surface area contributed by atoms with Gasteiger partial charge in [0.05, 0.1) is 0 Å². The maximum absolute atomic E-state index is 13.3. The molecule has 1 aromatic heterocycles. The molecule has 0 radical (unpaired) electrons. The summed E-state index contributed by atoms with van der Waals surface area (Å²) in [6, 6.07) is 0. The molecule has 0 spiro atoms. The number of rotatable bonds is 2. The molecule has 1 fully saturated rings. The summed E-state index contributed by atoms with van der Waals surface area (Å²) in [5.41, 5.74) is -0.540. The second-order valence-corrected chi connectivity index (χ2v) is 5.04.